The molecular formula is C20H30O19. The van der Waals surface area contributed by atoms with Crippen LogP contribution < -0.4 is 0 Å². The molecule has 3 aliphatic heterocycles. The Balaban J connectivity index is 1.85. The highest BCUT2D eigenvalue weighted by Gasteiger charge is 2.56. The van der Waals surface area contributed by atoms with Crippen molar-refractivity contribution in [3.05, 3.63) is 0 Å². The minimum absolute atomic E-state index is 0.895. The van der Waals surface area contributed by atoms with E-state index in [1.807, 2.05) is 0 Å². The number of hydrogen-bond donors (Lipinski definition) is 9. The van der Waals surface area contributed by atoms with E-state index in [-0.39, 0.29) is 0 Å². The van der Waals surface area contributed by atoms with Crippen LogP contribution in [-0.2, 0) is 47.5 Å². The molecule has 0 bridgehead atoms. The fraction of sp³-hybridized carbons (Fsp3) is 0.850. The first-order valence-electron chi connectivity index (χ1n) is 11.3. The lowest BCUT2D eigenvalue weighted by molar-refractivity contribution is -0.368. The van der Waals surface area contributed by atoms with Crippen LogP contribution in [0.2, 0.25) is 0 Å². The Morgan fingerprint density at radius 1 is 0.538 bits per heavy atom. The van der Waals surface area contributed by atoms with Crippen molar-refractivity contribution in [1.82, 2.24) is 0 Å². The molecule has 3 saturated heterocycles. The normalized spacial score (nSPS) is 46.8. The van der Waals surface area contributed by atoms with Crippen molar-refractivity contribution in [1.29, 1.82) is 0 Å². The molecule has 0 amide bonds. The van der Waals surface area contributed by atoms with Gasteiger partial charge in [-0.15, -0.1) is 0 Å². The number of carboxylic acids is 1. The van der Waals surface area contributed by atoms with Gasteiger partial charge in [0.05, 0.1) is 14.2 Å². The molecule has 0 aromatic carbocycles. The summed E-state index contributed by atoms with van der Waals surface area (Å²) in [5.41, 5.74) is 0. The Hall–Kier alpha value is -2.11. The van der Waals surface area contributed by atoms with Crippen LogP contribution in [0.1, 0.15) is 0 Å². The van der Waals surface area contributed by atoms with Crippen LogP contribution in [-0.4, -0.2) is 170 Å². The summed E-state index contributed by atoms with van der Waals surface area (Å²) in [5.74, 6) is -4.19. The Labute approximate surface area is 218 Å². The van der Waals surface area contributed by atoms with Crippen molar-refractivity contribution in [3.8, 4) is 0 Å². The molecule has 224 valence electrons. The molecule has 3 fully saturated rings. The average molecular weight is 574 g/mol. The minimum atomic E-state index is -2.18. The van der Waals surface area contributed by atoms with E-state index in [9.17, 15) is 60.3 Å². The van der Waals surface area contributed by atoms with Crippen LogP contribution in [0.5, 0.6) is 0 Å². The molecule has 19 heteroatoms. The molecular weight excluding hydrogens is 544 g/mol. The number of esters is 2. The first-order chi connectivity index (χ1) is 18.2. The summed E-state index contributed by atoms with van der Waals surface area (Å²) < 4.78 is 35.0. The third-order valence-corrected chi connectivity index (χ3v) is 6.37. The molecule has 3 rings (SSSR count). The summed E-state index contributed by atoms with van der Waals surface area (Å²) in [6.07, 6.45) is -30.8. The number of methoxy groups -OCH3 is 2. The van der Waals surface area contributed by atoms with E-state index in [1.54, 1.807) is 0 Å². The number of aliphatic hydroxyl groups excluding tert-OH is 8. The number of carbonyl (C=O) groups is 3. The number of rotatable bonds is 7. The van der Waals surface area contributed by atoms with Crippen LogP contribution in [0, 0.1) is 0 Å². The summed E-state index contributed by atoms with van der Waals surface area (Å²) >= 11 is 0. The Morgan fingerprint density at radius 2 is 0.949 bits per heavy atom. The van der Waals surface area contributed by atoms with Gasteiger partial charge in [0.25, 0.3) is 0 Å². The molecule has 15 atom stereocenters. The van der Waals surface area contributed by atoms with Gasteiger partial charge in [-0.2, -0.15) is 0 Å². The average Bonchev–Trinajstić information content (AvgIpc) is 2.91. The third kappa shape index (κ3) is 6.15. The predicted molar refractivity (Wildman–Crippen MR) is 112 cm³/mol. The van der Waals surface area contributed by atoms with Crippen molar-refractivity contribution in [2.45, 2.75) is 92.1 Å². The zero-order chi connectivity index (χ0) is 29.3. The van der Waals surface area contributed by atoms with Gasteiger partial charge in [-0.05, 0) is 0 Å². The summed E-state index contributed by atoms with van der Waals surface area (Å²) in [7, 11) is 1.83. The highest BCUT2D eigenvalue weighted by atomic mass is 16.8. The first kappa shape index (κ1) is 31.4. The second-order valence-electron chi connectivity index (χ2n) is 8.82. The SMILES string of the molecule is COC(=O)C1OC(O)C(O)C(O)C1OC1OC(C(=O)OC)C(OC2OC(C(=O)O)C(O)C(O)C2O)C(O)C1O. The van der Waals surface area contributed by atoms with Gasteiger partial charge in [0.1, 0.15) is 54.9 Å². The largest absolute Gasteiger partial charge is 0.479 e. The fourth-order valence-electron chi connectivity index (χ4n) is 4.19. The lowest BCUT2D eigenvalue weighted by atomic mass is 9.95. The van der Waals surface area contributed by atoms with E-state index in [1.165, 1.54) is 0 Å². The van der Waals surface area contributed by atoms with Gasteiger partial charge in [-0.1, -0.05) is 0 Å². The van der Waals surface area contributed by atoms with E-state index >= 15 is 0 Å². The van der Waals surface area contributed by atoms with Crippen molar-refractivity contribution in [2.75, 3.05) is 14.2 Å². The van der Waals surface area contributed by atoms with Crippen LogP contribution in [0.4, 0.5) is 0 Å². The van der Waals surface area contributed by atoms with Gasteiger partial charge in [-0.25, -0.2) is 14.4 Å². The standard InChI is InChI=1S/C20H30O19/c1-33-17(31)13-10(5(23)7(25)16(30)35-13)36-20-9(27)6(24)11(14(39-20)18(32)34-2)37-19-8(26)3(21)4(22)12(38-19)15(28)29/h3-14,16,19-27,30H,1-2H3,(H,28,29). The zero-order valence-corrected chi connectivity index (χ0v) is 20.3. The molecule has 3 heterocycles. The first-order valence-corrected chi connectivity index (χ1v) is 11.3. The molecule has 0 aromatic heterocycles. The monoisotopic (exact) mass is 574 g/mol. The topological polar surface area (TPSA) is 298 Å². The highest BCUT2D eigenvalue weighted by Crippen LogP contribution is 2.33. The highest BCUT2D eigenvalue weighted by molar-refractivity contribution is 5.76. The third-order valence-electron chi connectivity index (χ3n) is 6.37. The molecule has 0 spiro atoms. The van der Waals surface area contributed by atoms with Crippen molar-refractivity contribution >= 4 is 17.9 Å². The quantitative estimate of drug-likeness (QED) is 0.128. The van der Waals surface area contributed by atoms with Crippen LogP contribution in [0.3, 0.4) is 0 Å². The molecule has 0 radical (unpaired) electrons. The lowest BCUT2D eigenvalue weighted by Gasteiger charge is -2.46. The van der Waals surface area contributed by atoms with Crippen LogP contribution >= 0.6 is 0 Å². The molecule has 0 aliphatic carbocycles. The predicted octanol–water partition coefficient (Wildman–Crippen LogP) is -7.12. The maximum atomic E-state index is 12.5. The molecule has 3 aliphatic rings. The van der Waals surface area contributed by atoms with Crippen LogP contribution in [0.15, 0.2) is 0 Å². The van der Waals surface area contributed by atoms with E-state index in [2.05, 4.69) is 9.47 Å². The maximum absolute atomic E-state index is 12.5. The summed E-state index contributed by atoms with van der Waals surface area (Å²) in [6, 6.07) is 0. The Bertz CT molecular complexity index is 885. The lowest BCUT2D eigenvalue weighted by Crippen LogP contribution is -2.67. The van der Waals surface area contributed by atoms with Gasteiger partial charge in [-0.3, -0.25) is 0 Å². The maximum Gasteiger partial charge on any atom is 0.337 e. The molecule has 19 nitrogen and oxygen atoms in total. The van der Waals surface area contributed by atoms with E-state index in [0.717, 1.165) is 14.2 Å². The van der Waals surface area contributed by atoms with Gasteiger partial charge >= 0.3 is 17.9 Å². The van der Waals surface area contributed by atoms with E-state index in [0.29, 0.717) is 0 Å². The number of ether oxygens (including phenoxy) is 7. The smallest absolute Gasteiger partial charge is 0.337 e. The summed E-state index contributed by atoms with van der Waals surface area (Å²) in [6.45, 7) is 0. The van der Waals surface area contributed by atoms with Gasteiger partial charge in [0.2, 0.25) is 0 Å². The second-order valence-corrected chi connectivity index (χ2v) is 8.82. The van der Waals surface area contributed by atoms with Gasteiger partial charge in [0, 0.05) is 0 Å². The minimum Gasteiger partial charge on any atom is -0.479 e. The summed E-state index contributed by atoms with van der Waals surface area (Å²) in [5, 5.41) is 90.7. The Kier molecular flexibility index (Phi) is 10.1. The Morgan fingerprint density at radius 3 is 1.41 bits per heavy atom. The molecule has 0 saturated carbocycles. The van der Waals surface area contributed by atoms with Crippen molar-refractivity contribution in [3.63, 3.8) is 0 Å². The number of carbonyl (C=O) groups excluding carboxylic acids is 2. The van der Waals surface area contributed by atoms with Crippen molar-refractivity contribution < 1.29 is 93.5 Å². The number of carboxylic acid groups (broad SMARTS) is 1. The van der Waals surface area contributed by atoms with Crippen molar-refractivity contribution in [2.24, 2.45) is 0 Å². The molecule has 39 heavy (non-hydrogen) atoms. The summed E-state index contributed by atoms with van der Waals surface area (Å²) in [4.78, 5) is 35.9. The number of aliphatic hydroxyl groups is 8. The molecule has 15 unspecified atom stereocenters. The number of hydrogen-bond acceptors (Lipinski definition) is 18. The second kappa shape index (κ2) is 12.6. The van der Waals surface area contributed by atoms with E-state index < -0.39 is 110 Å². The van der Waals surface area contributed by atoms with Gasteiger partial charge < -0.3 is 79.1 Å². The van der Waals surface area contributed by atoms with Crippen LogP contribution in [0.25, 0.3) is 0 Å². The number of aliphatic carboxylic acids is 1. The zero-order valence-electron chi connectivity index (χ0n) is 20.3. The van der Waals surface area contributed by atoms with E-state index in [4.69, 9.17) is 23.7 Å². The fourth-order valence-corrected chi connectivity index (χ4v) is 4.19. The molecule has 9 N–H and O–H groups in total. The molecule has 0 aromatic rings. The van der Waals surface area contributed by atoms with Gasteiger partial charge in [0.15, 0.2) is 37.2 Å².